The Kier molecular flexibility index (Phi) is 3.65. The minimum atomic E-state index is -0.328. The van der Waals surface area contributed by atoms with E-state index in [9.17, 15) is 9.59 Å². The molecule has 3 aromatic rings. The number of aromatic nitrogens is 1. The van der Waals surface area contributed by atoms with Crippen LogP contribution in [0.25, 0.3) is 10.9 Å². The van der Waals surface area contributed by atoms with Gasteiger partial charge >= 0.3 is 6.03 Å². The number of nitrogens with zero attached hydrogens (tertiary/aromatic N) is 1. The lowest BCUT2D eigenvalue weighted by Crippen LogP contribution is -2.33. The van der Waals surface area contributed by atoms with Crippen LogP contribution < -0.4 is 16.0 Å². The van der Waals surface area contributed by atoms with Gasteiger partial charge in [0.25, 0.3) is 5.91 Å². The van der Waals surface area contributed by atoms with E-state index >= 15 is 0 Å². The van der Waals surface area contributed by atoms with E-state index in [-0.39, 0.29) is 11.9 Å². The summed E-state index contributed by atoms with van der Waals surface area (Å²) in [7, 11) is 1.91. The number of amides is 3. The molecule has 0 aliphatic carbocycles. The van der Waals surface area contributed by atoms with E-state index in [1.807, 2.05) is 48.0 Å². The summed E-state index contributed by atoms with van der Waals surface area (Å²) in [6, 6.07) is 14.9. The Morgan fingerprint density at radius 2 is 1.96 bits per heavy atom. The number of fused-ring (bicyclic) bond motifs is 2. The maximum Gasteiger partial charge on any atom is 0.324 e. The molecule has 6 nitrogen and oxygen atoms in total. The number of urea groups is 1. The Bertz CT molecular complexity index is 990. The summed E-state index contributed by atoms with van der Waals surface area (Å²) >= 11 is 0. The molecule has 25 heavy (non-hydrogen) atoms. The molecular weight excluding hydrogens is 316 g/mol. The van der Waals surface area contributed by atoms with Gasteiger partial charge in [0.1, 0.15) is 5.82 Å². The molecule has 126 valence electrons. The predicted octanol–water partition coefficient (Wildman–Crippen LogP) is 3.11. The van der Waals surface area contributed by atoms with E-state index < -0.39 is 0 Å². The topological polar surface area (TPSA) is 75.2 Å². The van der Waals surface area contributed by atoms with E-state index in [0.717, 1.165) is 16.5 Å². The van der Waals surface area contributed by atoms with Gasteiger partial charge in [-0.25, -0.2) is 4.79 Å². The third-order valence-corrected chi connectivity index (χ3v) is 4.52. The number of nitrogens with one attached hydrogen (secondary N) is 3. The molecular formula is C19H18N4O2. The highest BCUT2D eigenvalue weighted by Gasteiger charge is 2.20. The summed E-state index contributed by atoms with van der Waals surface area (Å²) in [5, 5.41) is 9.62. The minimum Gasteiger partial charge on any atom is -0.352 e. The smallest absolute Gasteiger partial charge is 0.324 e. The van der Waals surface area contributed by atoms with Crippen molar-refractivity contribution in [3.8, 4) is 0 Å². The van der Waals surface area contributed by atoms with Gasteiger partial charge in [0, 0.05) is 35.7 Å². The molecule has 2 aromatic carbocycles. The molecule has 1 aromatic heterocycles. The Balaban J connectivity index is 1.57. The Morgan fingerprint density at radius 3 is 2.80 bits per heavy atom. The summed E-state index contributed by atoms with van der Waals surface area (Å²) in [4.78, 5) is 24.4. The molecule has 0 bridgehead atoms. The molecule has 0 saturated heterocycles. The molecule has 0 saturated carbocycles. The number of aryl methyl sites for hydroxylation is 1. The van der Waals surface area contributed by atoms with Gasteiger partial charge in [0.2, 0.25) is 0 Å². The Labute approximate surface area is 144 Å². The second kappa shape index (κ2) is 5.98. The van der Waals surface area contributed by atoms with E-state index in [1.54, 1.807) is 12.1 Å². The lowest BCUT2D eigenvalue weighted by atomic mass is 9.98. The fraction of sp³-hybridized carbons (Fsp3) is 0.158. The normalized spacial score (nSPS) is 13.2. The van der Waals surface area contributed by atoms with Crippen LogP contribution in [0.15, 0.2) is 48.5 Å². The molecule has 3 N–H and O–H groups in total. The highest BCUT2D eigenvalue weighted by atomic mass is 16.2. The van der Waals surface area contributed by atoms with Gasteiger partial charge in [-0.1, -0.05) is 24.3 Å². The number of para-hydroxylation sites is 1. The molecule has 6 heteroatoms. The van der Waals surface area contributed by atoms with Crippen LogP contribution in [0.1, 0.15) is 15.9 Å². The number of hydrogen-bond acceptors (Lipinski definition) is 2. The van der Waals surface area contributed by atoms with Crippen molar-refractivity contribution in [1.29, 1.82) is 0 Å². The highest BCUT2D eigenvalue weighted by Crippen LogP contribution is 2.25. The molecule has 3 amide bonds. The molecule has 0 spiro atoms. The van der Waals surface area contributed by atoms with Crippen molar-refractivity contribution in [2.75, 3.05) is 17.2 Å². The zero-order chi connectivity index (χ0) is 17.4. The van der Waals surface area contributed by atoms with Gasteiger partial charge in [0.05, 0.1) is 0 Å². The molecule has 0 fully saturated rings. The molecule has 1 aliphatic heterocycles. The first kappa shape index (κ1) is 15.3. The Morgan fingerprint density at radius 1 is 1.12 bits per heavy atom. The summed E-state index contributed by atoms with van der Waals surface area (Å²) in [5.41, 5.74) is 3.21. The van der Waals surface area contributed by atoms with Gasteiger partial charge in [0.15, 0.2) is 0 Å². The minimum absolute atomic E-state index is 0.0982. The quantitative estimate of drug-likeness (QED) is 0.673. The van der Waals surface area contributed by atoms with Crippen LogP contribution in [-0.2, 0) is 13.5 Å². The standard InChI is InChI=1S/C19H18N4O2/c1-23-16-8-3-2-5-12(16)11-17(23)22-19(25)21-15-7-4-6-14-13(15)9-10-20-18(14)24/h2-8,11H,9-10H2,1H3,(H,20,24)(H2,21,22,25). The first-order valence-electron chi connectivity index (χ1n) is 8.16. The molecule has 4 rings (SSSR count). The Hall–Kier alpha value is -3.28. The van der Waals surface area contributed by atoms with Gasteiger partial charge in [-0.3, -0.25) is 10.1 Å². The number of carbonyl (C=O) groups is 2. The summed E-state index contributed by atoms with van der Waals surface area (Å²) in [6.07, 6.45) is 0.700. The fourth-order valence-electron chi connectivity index (χ4n) is 3.26. The van der Waals surface area contributed by atoms with Crippen LogP contribution in [0.5, 0.6) is 0 Å². The number of carbonyl (C=O) groups excluding carboxylic acids is 2. The zero-order valence-corrected chi connectivity index (χ0v) is 13.8. The van der Waals surface area contributed by atoms with E-state index in [4.69, 9.17) is 0 Å². The average molecular weight is 334 g/mol. The third-order valence-electron chi connectivity index (χ3n) is 4.52. The SMILES string of the molecule is Cn1c(NC(=O)Nc2cccc3c2CCNC3=O)cc2ccccc21. The van der Waals surface area contributed by atoms with Crippen molar-refractivity contribution < 1.29 is 9.59 Å². The third kappa shape index (κ3) is 2.71. The van der Waals surface area contributed by atoms with Gasteiger partial charge in [-0.15, -0.1) is 0 Å². The van der Waals surface area contributed by atoms with Crippen molar-refractivity contribution >= 4 is 34.3 Å². The van der Waals surface area contributed by atoms with E-state index in [0.29, 0.717) is 30.0 Å². The van der Waals surface area contributed by atoms with Crippen LogP contribution in [0.3, 0.4) is 0 Å². The lowest BCUT2D eigenvalue weighted by Gasteiger charge is -2.20. The fourth-order valence-corrected chi connectivity index (χ4v) is 3.26. The van der Waals surface area contributed by atoms with Gasteiger partial charge in [-0.05, 0) is 36.2 Å². The number of rotatable bonds is 2. The number of benzene rings is 2. The second-order valence-electron chi connectivity index (χ2n) is 6.06. The summed E-state index contributed by atoms with van der Waals surface area (Å²) in [5.74, 6) is 0.611. The van der Waals surface area contributed by atoms with Crippen LogP contribution in [0.2, 0.25) is 0 Å². The van der Waals surface area contributed by atoms with Crippen LogP contribution in [0, 0.1) is 0 Å². The average Bonchev–Trinajstić information content (AvgIpc) is 2.92. The van der Waals surface area contributed by atoms with Crippen molar-refractivity contribution in [2.24, 2.45) is 7.05 Å². The van der Waals surface area contributed by atoms with E-state index in [2.05, 4.69) is 16.0 Å². The molecule has 0 unspecified atom stereocenters. The summed E-state index contributed by atoms with van der Waals surface area (Å²) < 4.78 is 1.93. The highest BCUT2D eigenvalue weighted by molar-refractivity contribution is 6.04. The molecule has 0 radical (unpaired) electrons. The molecule has 2 heterocycles. The van der Waals surface area contributed by atoms with Gasteiger partial charge < -0.3 is 15.2 Å². The van der Waals surface area contributed by atoms with Crippen LogP contribution in [-0.4, -0.2) is 23.1 Å². The van der Waals surface area contributed by atoms with Crippen molar-refractivity contribution in [1.82, 2.24) is 9.88 Å². The van der Waals surface area contributed by atoms with Crippen molar-refractivity contribution in [3.63, 3.8) is 0 Å². The lowest BCUT2D eigenvalue weighted by molar-refractivity contribution is 0.0946. The van der Waals surface area contributed by atoms with Crippen molar-refractivity contribution in [3.05, 3.63) is 59.7 Å². The zero-order valence-electron chi connectivity index (χ0n) is 13.8. The maximum absolute atomic E-state index is 12.4. The second-order valence-corrected chi connectivity index (χ2v) is 6.06. The molecule has 1 aliphatic rings. The van der Waals surface area contributed by atoms with Gasteiger partial charge in [-0.2, -0.15) is 0 Å². The largest absolute Gasteiger partial charge is 0.352 e. The van der Waals surface area contributed by atoms with Crippen molar-refractivity contribution in [2.45, 2.75) is 6.42 Å². The number of hydrogen-bond donors (Lipinski definition) is 3. The monoisotopic (exact) mass is 334 g/mol. The van der Waals surface area contributed by atoms with E-state index in [1.165, 1.54) is 0 Å². The number of anilines is 2. The summed E-state index contributed by atoms with van der Waals surface area (Å²) in [6.45, 7) is 0.579. The first-order chi connectivity index (χ1) is 12.1. The molecule has 0 atom stereocenters. The van der Waals surface area contributed by atoms with Crippen LogP contribution >= 0.6 is 0 Å². The first-order valence-corrected chi connectivity index (χ1v) is 8.16. The maximum atomic E-state index is 12.4. The van der Waals surface area contributed by atoms with Crippen LogP contribution in [0.4, 0.5) is 16.3 Å². The predicted molar refractivity (Wildman–Crippen MR) is 98.0 cm³/mol.